The molecule has 2 aromatic rings. The zero-order valence-corrected chi connectivity index (χ0v) is 16.2. The van der Waals surface area contributed by atoms with Gasteiger partial charge in [0.2, 0.25) is 0 Å². The molecule has 0 unspecified atom stereocenters. The molecule has 0 aromatic heterocycles. The topological polar surface area (TPSA) is 84.5 Å². The molecule has 1 fully saturated rings. The summed E-state index contributed by atoms with van der Waals surface area (Å²) in [5.41, 5.74) is 0.882. The number of amides is 2. The van der Waals surface area contributed by atoms with E-state index in [9.17, 15) is 14.4 Å². The van der Waals surface area contributed by atoms with Crippen molar-refractivity contribution >= 4 is 35.1 Å². The van der Waals surface area contributed by atoms with Gasteiger partial charge in [-0.2, -0.15) is 0 Å². The summed E-state index contributed by atoms with van der Waals surface area (Å²) in [7, 11) is 0. The second-order valence-corrected chi connectivity index (χ2v) is 7.21. The molecule has 1 aliphatic carbocycles. The maximum Gasteiger partial charge on any atom is 0.340 e. The highest BCUT2D eigenvalue weighted by molar-refractivity contribution is 6.30. The van der Waals surface area contributed by atoms with Gasteiger partial charge >= 0.3 is 5.97 Å². The first-order valence-corrected chi connectivity index (χ1v) is 9.44. The number of esters is 1. The Bertz CT molecular complexity index is 878. The number of anilines is 1. The average molecular weight is 401 g/mol. The van der Waals surface area contributed by atoms with Gasteiger partial charge in [0.25, 0.3) is 11.8 Å². The Morgan fingerprint density at radius 2 is 1.79 bits per heavy atom. The van der Waals surface area contributed by atoms with Crippen LogP contribution in [-0.2, 0) is 9.53 Å². The van der Waals surface area contributed by atoms with Gasteiger partial charge in [-0.1, -0.05) is 23.7 Å². The lowest BCUT2D eigenvalue weighted by Crippen LogP contribution is -2.37. The number of hydrogen-bond donors (Lipinski definition) is 2. The van der Waals surface area contributed by atoms with Crippen LogP contribution in [-0.4, -0.2) is 30.4 Å². The number of para-hydroxylation sites is 1. The minimum Gasteiger partial charge on any atom is -0.452 e. The summed E-state index contributed by atoms with van der Waals surface area (Å²) in [6.07, 6.45) is 2.23. The van der Waals surface area contributed by atoms with Crippen molar-refractivity contribution in [2.24, 2.45) is 5.92 Å². The highest BCUT2D eigenvalue weighted by atomic mass is 35.5. The molecule has 0 aliphatic heterocycles. The number of hydrogen-bond acceptors (Lipinski definition) is 4. The summed E-state index contributed by atoms with van der Waals surface area (Å²) in [5, 5.41) is 6.03. The zero-order valence-electron chi connectivity index (χ0n) is 15.4. The Labute approximate surface area is 168 Å². The number of benzene rings is 2. The summed E-state index contributed by atoms with van der Waals surface area (Å²) in [5.74, 6) is -0.881. The molecular weight excluding hydrogens is 380 g/mol. The predicted molar refractivity (Wildman–Crippen MR) is 106 cm³/mol. The Morgan fingerprint density at radius 1 is 1.11 bits per heavy atom. The van der Waals surface area contributed by atoms with Crippen molar-refractivity contribution in [3.63, 3.8) is 0 Å². The van der Waals surface area contributed by atoms with Crippen LogP contribution < -0.4 is 10.6 Å². The van der Waals surface area contributed by atoms with Gasteiger partial charge < -0.3 is 15.4 Å². The molecule has 0 bridgehead atoms. The molecular formula is C21H21ClN2O4. The van der Waals surface area contributed by atoms with Crippen LogP contribution >= 0.6 is 11.6 Å². The Morgan fingerprint density at radius 3 is 2.46 bits per heavy atom. The molecule has 2 amide bonds. The van der Waals surface area contributed by atoms with Crippen molar-refractivity contribution in [1.29, 1.82) is 0 Å². The number of halogens is 1. The van der Waals surface area contributed by atoms with Crippen LogP contribution in [0.1, 0.15) is 40.5 Å². The van der Waals surface area contributed by atoms with Crippen molar-refractivity contribution in [1.82, 2.24) is 5.32 Å². The minimum atomic E-state index is -0.679. The zero-order chi connectivity index (χ0) is 20.1. The quantitative estimate of drug-likeness (QED) is 0.694. The molecule has 0 heterocycles. The molecule has 0 saturated heterocycles. The van der Waals surface area contributed by atoms with Crippen LogP contribution in [0.25, 0.3) is 0 Å². The lowest BCUT2D eigenvalue weighted by atomic mass is 10.1. The standard InChI is InChI=1S/C21H21ClN2O4/c1-13(14-6-7-14)23-19(25)12-28-21(27)17-4-2-3-5-18(17)24-20(26)15-8-10-16(22)11-9-15/h2-5,8-11,13-14H,6-7,12H2,1H3,(H,23,25)(H,24,26)/t13-/m1/s1. The second kappa shape index (κ2) is 8.89. The van der Waals surface area contributed by atoms with Crippen LogP contribution in [0.5, 0.6) is 0 Å². The summed E-state index contributed by atoms with van der Waals surface area (Å²) < 4.78 is 5.11. The monoisotopic (exact) mass is 400 g/mol. The molecule has 0 spiro atoms. The molecule has 28 heavy (non-hydrogen) atoms. The van der Waals surface area contributed by atoms with Crippen LogP contribution in [0.2, 0.25) is 5.02 Å². The third-order valence-corrected chi connectivity index (χ3v) is 4.81. The number of carbonyl (C=O) groups is 3. The van der Waals surface area contributed by atoms with Gasteiger partial charge in [-0.25, -0.2) is 4.79 Å². The van der Waals surface area contributed by atoms with Crippen LogP contribution in [0.3, 0.4) is 0 Å². The fourth-order valence-electron chi connectivity index (χ4n) is 2.78. The minimum absolute atomic E-state index is 0.0807. The highest BCUT2D eigenvalue weighted by Crippen LogP contribution is 2.32. The normalized spacial score (nSPS) is 14.1. The van der Waals surface area contributed by atoms with Gasteiger partial charge in [-0.05, 0) is 62.1 Å². The van der Waals surface area contributed by atoms with E-state index in [0.717, 1.165) is 12.8 Å². The average Bonchev–Trinajstić information content (AvgIpc) is 3.52. The third kappa shape index (κ3) is 5.33. The van der Waals surface area contributed by atoms with E-state index in [4.69, 9.17) is 16.3 Å². The first-order valence-electron chi connectivity index (χ1n) is 9.06. The predicted octanol–water partition coefficient (Wildman–Crippen LogP) is 3.66. The maximum atomic E-state index is 12.4. The van der Waals surface area contributed by atoms with Gasteiger partial charge in [-0.15, -0.1) is 0 Å². The lowest BCUT2D eigenvalue weighted by Gasteiger charge is -2.14. The summed E-state index contributed by atoms with van der Waals surface area (Å²) in [6, 6.07) is 13.0. The molecule has 146 valence electrons. The summed E-state index contributed by atoms with van der Waals surface area (Å²) in [6.45, 7) is 1.58. The maximum absolute atomic E-state index is 12.4. The van der Waals surface area contributed by atoms with Gasteiger partial charge in [0.15, 0.2) is 6.61 Å². The second-order valence-electron chi connectivity index (χ2n) is 6.78. The summed E-state index contributed by atoms with van der Waals surface area (Å²) in [4.78, 5) is 36.7. The van der Waals surface area contributed by atoms with E-state index in [2.05, 4.69) is 10.6 Å². The molecule has 1 saturated carbocycles. The van der Waals surface area contributed by atoms with E-state index in [1.165, 1.54) is 6.07 Å². The van der Waals surface area contributed by atoms with E-state index in [0.29, 0.717) is 22.2 Å². The van der Waals surface area contributed by atoms with Gasteiger partial charge in [0.1, 0.15) is 0 Å². The molecule has 7 heteroatoms. The Balaban J connectivity index is 1.60. The number of nitrogens with one attached hydrogen (secondary N) is 2. The number of rotatable bonds is 7. The lowest BCUT2D eigenvalue weighted by molar-refractivity contribution is -0.124. The van der Waals surface area contributed by atoms with Crippen molar-refractivity contribution in [3.8, 4) is 0 Å². The van der Waals surface area contributed by atoms with E-state index in [1.54, 1.807) is 42.5 Å². The molecule has 2 aromatic carbocycles. The summed E-state index contributed by atoms with van der Waals surface area (Å²) >= 11 is 5.83. The van der Waals surface area contributed by atoms with Gasteiger partial charge in [0, 0.05) is 16.6 Å². The van der Waals surface area contributed by atoms with E-state index < -0.39 is 5.97 Å². The molecule has 0 radical (unpaired) electrons. The largest absolute Gasteiger partial charge is 0.452 e. The van der Waals surface area contributed by atoms with E-state index in [-0.39, 0.29) is 30.0 Å². The van der Waals surface area contributed by atoms with E-state index in [1.807, 2.05) is 6.92 Å². The first kappa shape index (κ1) is 19.9. The van der Waals surface area contributed by atoms with Crippen molar-refractivity contribution in [2.75, 3.05) is 11.9 Å². The van der Waals surface area contributed by atoms with Crippen molar-refractivity contribution in [2.45, 2.75) is 25.8 Å². The molecule has 6 nitrogen and oxygen atoms in total. The molecule has 1 atom stereocenters. The smallest absolute Gasteiger partial charge is 0.340 e. The first-order chi connectivity index (χ1) is 13.4. The molecule has 1 aliphatic rings. The Kier molecular flexibility index (Phi) is 6.31. The molecule has 3 rings (SSSR count). The van der Waals surface area contributed by atoms with Crippen LogP contribution in [0, 0.1) is 5.92 Å². The van der Waals surface area contributed by atoms with Gasteiger partial charge in [-0.3, -0.25) is 9.59 Å². The highest BCUT2D eigenvalue weighted by Gasteiger charge is 2.29. The van der Waals surface area contributed by atoms with E-state index >= 15 is 0 Å². The number of carbonyl (C=O) groups excluding carboxylic acids is 3. The van der Waals surface area contributed by atoms with Gasteiger partial charge in [0.05, 0.1) is 11.3 Å². The van der Waals surface area contributed by atoms with Crippen LogP contribution in [0.15, 0.2) is 48.5 Å². The SMILES string of the molecule is C[C@@H](NC(=O)COC(=O)c1ccccc1NC(=O)c1ccc(Cl)cc1)C1CC1. The van der Waals surface area contributed by atoms with Crippen molar-refractivity contribution < 1.29 is 19.1 Å². The molecule has 2 N–H and O–H groups in total. The fraction of sp³-hybridized carbons (Fsp3) is 0.286. The van der Waals surface area contributed by atoms with Crippen molar-refractivity contribution in [3.05, 3.63) is 64.7 Å². The number of ether oxygens (including phenoxy) is 1. The Hall–Kier alpha value is -2.86. The van der Waals surface area contributed by atoms with Crippen LogP contribution in [0.4, 0.5) is 5.69 Å². The fourth-order valence-corrected chi connectivity index (χ4v) is 2.91. The third-order valence-electron chi connectivity index (χ3n) is 4.55.